The van der Waals surface area contributed by atoms with E-state index in [1.54, 1.807) is 6.07 Å². The van der Waals surface area contributed by atoms with Gasteiger partial charge in [0.05, 0.1) is 0 Å². The van der Waals surface area contributed by atoms with Crippen molar-refractivity contribution in [1.29, 1.82) is 0 Å². The molecule has 0 fully saturated rings. The van der Waals surface area contributed by atoms with Gasteiger partial charge in [-0.2, -0.15) is 8.78 Å². The first-order chi connectivity index (χ1) is 10.00. The van der Waals surface area contributed by atoms with Crippen LogP contribution in [0.15, 0.2) is 30.3 Å². The SMILES string of the molecule is CCCCCCC#CC(=O)C(F)(F)C(O)c1ccccc1. The number of aliphatic hydroxyl groups is 1. The first-order valence-electron chi connectivity index (χ1n) is 7.14. The molecule has 0 bridgehead atoms. The van der Waals surface area contributed by atoms with Crippen LogP contribution in [-0.2, 0) is 4.79 Å². The van der Waals surface area contributed by atoms with E-state index in [1.165, 1.54) is 24.3 Å². The van der Waals surface area contributed by atoms with Gasteiger partial charge in [0.2, 0.25) is 0 Å². The van der Waals surface area contributed by atoms with Crippen LogP contribution in [0.25, 0.3) is 0 Å². The minimum Gasteiger partial charge on any atom is -0.382 e. The highest BCUT2D eigenvalue weighted by atomic mass is 19.3. The molecular formula is C17H20F2O2. The molecule has 0 aliphatic carbocycles. The molecule has 0 spiro atoms. The normalized spacial score (nSPS) is 12.4. The van der Waals surface area contributed by atoms with Gasteiger partial charge in [-0.15, -0.1) is 0 Å². The lowest BCUT2D eigenvalue weighted by molar-refractivity contribution is -0.155. The van der Waals surface area contributed by atoms with Gasteiger partial charge in [0.15, 0.2) is 6.10 Å². The molecule has 0 aliphatic rings. The maximum absolute atomic E-state index is 13.8. The summed E-state index contributed by atoms with van der Waals surface area (Å²) in [6.07, 6.45) is 2.17. The van der Waals surface area contributed by atoms with E-state index in [1.807, 2.05) is 5.92 Å². The smallest absolute Gasteiger partial charge is 0.346 e. The van der Waals surface area contributed by atoms with Crippen molar-refractivity contribution in [2.45, 2.75) is 51.1 Å². The summed E-state index contributed by atoms with van der Waals surface area (Å²) in [5, 5.41) is 9.65. The lowest BCUT2D eigenvalue weighted by Gasteiger charge is -2.19. The Labute approximate surface area is 124 Å². The quantitative estimate of drug-likeness (QED) is 0.470. The fourth-order valence-electron chi connectivity index (χ4n) is 1.84. The van der Waals surface area contributed by atoms with E-state index in [0.717, 1.165) is 25.7 Å². The molecule has 1 unspecified atom stereocenters. The van der Waals surface area contributed by atoms with Gasteiger partial charge in [-0.25, -0.2) is 0 Å². The van der Waals surface area contributed by atoms with Gasteiger partial charge in [0.1, 0.15) is 0 Å². The number of Topliss-reactive ketones (excluding diaryl/α,β-unsaturated/α-hetero) is 1. The zero-order valence-electron chi connectivity index (χ0n) is 12.1. The molecule has 0 saturated carbocycles. The zero-order valence-corrected chi connectivity index (χ0v) is 12.1. The third-order valence-corrected chi connectivity index (χ3v) is 3.12. The van der Waals surface area contributed by atoms with Crippen LogP contribution in [0, 0.1) is 11.8 Å². The monoisotopic (exact) mass is 294 g/mol. The highest BCUT2D eigenvalue weighted by Crippen LogP contribution is 2.31. The van der Waals surface area contributed by atoms with E-state index in [9.17, 15) is 18.7 Å². The third-order valence-electron chi connectivity index (χ3n) is 3.12. The Hall–Kier alpha value is -1.73. The fourth-order valence-corrected chi connectivity index (χ4v) is 1.84. The summed E-state index contributed by atoms with van der Waals surface area (Å²) < 4.78 is 27.6. The second kappa shape index (κ2) is 8.53. The van der Waals surface area contributed by atoms with Crippen molar-refractivity contribution in [2.75, 3.05) is 0 Å². The Morgan fingerprint density at radius 3 is 2.52 bits per heavy atom. The van der Waals surface area contributed by atoms with Gasteiger partial charge in [0.25, 0.3) is 5.78 Å². The van der Waals surface area contributed by atoms with Gasteiger partial charge >= 0.3 is 5.92 Å². The van der Waals surface area contributed by atoms with Gasteiger partial charge in [-0.3, -0.25) is 4.79 Å². The molecule has 1 atom stereocenters. The van der Waals surface area contributed by atoms with Gasteiger partial charge in [-0.05, 0) is 17.9 Å². The average Bonchev–Trinajstić information content (AvgIpc) is 2.50. The van der Waals surface area contributed by atoms with Crippen molar-refractivity contribution >= 4 is 5.78 Å². The van der Waals surface area contributed by atoms with E-state index in [-0.39, 0.29) is 5.56 Å². The average molecular weight is 294 g/mol. The predicted molar refractivity (Wildman–Crippen MR) is 77.9 cm³/mol. The lowest BCUT2D eigenvalue weighted by atomic mass is 10.0. The number of halogens is 2. The summed E-state index contributed by atoms with van der Waals surface area (Å²) in [6, 6.07) is 7.40. The summed E-state index contributed by atoms with van der Waals surface area (Å²) in [6.45, 7) is 2.07. The standard InChI is InChI=1S/C17H20F2O2/c1-2-3-4-5-6-10-13-15(20)17(18,19)16(21)14-11-8-7-9-12-14/h7-9,11-12,16,21H,2-6H2,1H3. The van der Waals surface area contributed by atoms with E-state index in [0.29, 0.717) is 6.42 Å². The second-order valence-corrected chi connectivity index (χ2v) is 4.88. The maximum atomic E-state index is 13.8. The number of aliphatic hydroxyl groups excluding tert-OH is 1. The van der Waals surface area contributed by atoms with Gasteiger partial charge in [-0.1, -0.05) is 62.4 Å². The van der Waals surface area contributed by atoms with E-state index in [4.69, 9.17) is 0 Å². The molecule has 1 aromatic carbocycles. The molecule has 1 aromatic rings. The highest BCUT2D eigenvalue weighted by molar-refractivity contribution is 6.01. The fraction of sp³-hybridized carbons (Fsp3) is 0.471. The van der Waals surface area contributed by atoms with Crippen molar-refractivity contribution in [1.82, 2.24) is 0 Å². The van der Waals surface area contributed by atoms with Crippen LogP contribution < -0.4 is 0 Å². The van der Waals surface area contributed by atoms with E-state index >= 15 is 0 Å². The van der Waals surface area contributed by atoms with Gasteiger partial charge in [0, 0.05) is 6.42 Å². The molecule has 1 N–H and O–H groups in total. The molecule has 0 aliphatic heterocycles. The third kappa shape index (κ3) is 5.28. The van der Waals surface area contributed by atoms with Crippen LogP contribution in [0.1, 0.15) is 50.7 Å². The summed E-state index contributed by atoms with van der Waals surface area (Å²) in [4.78, 5) is 11.5. The maximum Gasteiger partial charge on any atom is 0.346 e. The highest BCUT2D eigenvalue weighted by Gasteiger charge is 2.46. The Kier molecular flexibility index (Phi) is 7.04. The number of carbonyl (C=O) groups excluding carboxylic acids is 1. The number of benzene rings is 1. The largest absolute Gasteiger partial charge is 0.382 e. The number of ketones is 1. The number of rotatable bonds is 7. The van der Waals surface area contributed by atoms with Crippen molar-refractivity contribution in [3.8, 4) is 11.8 Å². The lowest BCUT2D eigenvalue weighted by Crippen LogP contribution is -2.34. The van der Waals surface area contributed by atoms with Gasteiger partial charge < -0.3 is 5.11 Å². The Morgan fingerprint density at radius 1 is 1.24 bits per heavy atom. The van der Waals surface area contributed by atoms with Crippen LogP contribution in [0.4, 0.5) is 8.78 Å². The number of hydrogen-bond acceptors (Lipinski definition) is 2. The Bertz CT molecular complexity index is 501. The molecule has 0 heterocycles. The number of carbonyl (C=O) groups is 1. The predicted octanol–water partition coefficient (Wildman–Crippen LogP) is 3.90. The van der Waals surface area contributed by atoms with Crippen LogP contribution >= 0.6 is 0 Å². The minimum absolute atomic E-state index is 0.000552. The van der Waals surface area contributed by atoms with Crippen molar-refractivity contribution < 1.29 is 18.7 Å². The number of alkyl halides is 2. The summed E-state index contributed by atoms with van der Waals surface area (Å²) in [5.41, 5.74) is 0.000552. The first kappa shape index (κ1) is 17.3. The van der Waals surface area contributed by atoms with Crippen molar-refractivity contribution in [3.05, 3.63) is 35.9 Å². The molecule has 4 heteroatoms. The molecule has 0 saturated heterocycles. The summed E-state index contributed by atoms with van der Waals surface area (Å²) in [5.74, 6) is -1.01. The molecule has 2 nitrogen and oxygen atoms in total. The Balaban J connectivity index is 2.61. The molecule has 21 heavy (non-hydrogen) atoms. The van der Waals surface area contributed by atoms with Crippen LogP contribution in [-0.4, -0.2) is 16.8 Å². The number of unbranched alkanes of at least 4 members (excludes halogenated alkanes) is 4. The number of hydrogen-bond donors (Lipinski definition) is 1. The second-order valence-electron chi connectivity index (χ2n) is 4.88. The molecule has 0 radical (unpaired) electrons. The minimum atomic E-state index is -3.89. The van der Waals surface area contributed by atoms with E-state index in [2.05, 4.69) is 12.8 Å². The zero-order chi connectivity index (χ0) is 15.7. The first-order valence-corrected chi connectivity index (χ1v) is 7.14. The van der Waals surface area contributed by atoms with E-state index < -0.39 is 17.8 Å². The topological polar surface area (TPSA) is 37.3 Å². The molecule has 0 amide bonds. The Morgan fingerprint density at radius 2 is 1.90 bits per heavy atom. The van der Waals surface area contributed by atoms with Crippen molar-refractivity contribution in [3.63, 3.8) is 0 Å². The summed E-state index contributed by atoms with van der Waals surface area (Å²) in [7, 11) is 0. The molecule has 0 aromatic heterocycles. The van der Waals surface area contributed by atoms with Crippen LogP contribution in [0.5, 0.6) is 0 Å². The van der Waals surface area contributed by atoms with Crippen molar-refractivity contribution in [2.24, 2.45) is 0 Å². The van der Waals surface area contributed by atoms with Crippen LogP contribution in [0.2, 0.25) is 0 Å². The molecular weight excluding hydrogens is 274 g/mol. The molecule has 1 rings (SSSR count). The molecule has 114 valence electrons. The summed E-state index contributed by atoms with van der Waals surface area (Å²) >= 11 is 0. The van der Waals surface area contributed by atoms with Crippen LogP contribution in [0.3, 0.4) is 0 Å².